The van der Waals surface area contributed by atoms with Gasteiger partial charge in [-0.05, 0) is 18.2 Å². The van der Waals surface area contributed by atoms with E-state index >= 15 is 0 Å². The van der Waals surface area contributed by atoms with Crippen LogP contribution in [0, 0.1) is 10.1 Å². The van der Waals surface area contributed by atoms with E-state index in [1.54, 1.807) is 0 Å². The number of hydrogen-bond donors (Lipinski definition) is 0. The number of nitro groups is 1. The van der Waals surface area contributed by atoms with Gasteiger partial charge < -0.3 is 4.52 Å². The van der Waals surface area contributed by atoms with Crippen LogP contribution in [-0.2, 0) is 0 Å². The molecule has 0 radical (unpaired) electrons. The second kappa shape index (κ2) is 5.86. The molecular formula is C14H7BrClN3O3. The fourth-order valence-electron chi connectivity index (χ4n) is 1.87. The van der Waals surface area contributed by atoms with E-state index in [0.717, 1.165) is 10.0 Å². The predicted molar refractivity (Wildman–Crippen MR) is 84.5 cm³/mol. The highest BCUT2D eigenvalue weighted by molar-refractivity contribution is 9.10. The molecule has 0 saturated carbocycles. The Morgan fingerprint density at radius 3 is 2.73 bits per heavy atom. The molecule has 0 aliphatic rings. The normalized spacial score (nSPS) is 10.6. The summed E-state index contributed by atoms with van der Waals surface area (Å²) in [6.07, 6.45) is 0. The van der Waals surface area contributed by atoms with Gasteiger partial charge in [0.15, 0.2) is 0 Å². The summed E-state index contributed by atoms with van der Waals surface area (Å²) >= 11 is 9.42. The Balaban J connectivity index is 1.99. The number of nitro benzene ring substituents is 1. The summed E-state index contributed by atoms with van der Waals surface area (Å²) in [5.74, 6) is 0.612. The maximum Gasteiger partial charge on any atom is 0.270 e. The second-order valence-electron chi connectivity index (χ2n) is 4.35. The number of rotatable bonds is 3. The molecule has 22 heavy (non-hydrogen) atoms. The Morgan fingerprint density at radius 2 is 2.05 bits per heavy atom. The zero-order chi connectivity index (χ0) is 15.7. The molecule has 0 unspecified atom stereocenters. The molecule has 0 spiro atoms. The average Bonchev–Trinajstić information content (AvgIpc) is 2.96. The molecule has 1 heterocycles. The van der Waals surface area contributed by atoms with Crippen molar-refractivity contribution in [2.45, 2.75) is 0 Å². The zero-order valence-corrected chi connectivity index (χ0v) is 13.2. The maximum absolute atomic E-state index is 10.7. The van der Waals surface area contributed by atoms with Gasteiger partial charge in [0.2, 0.25) is 5.82 Å². The van der Waals surface area contributed by atoms with Gasteiger partial charge in [0.25, 0.3) is 11.6 Å². The molecule has 3 aromatic rings. The Bertz CT molecular complexity index is 866. The van der Waals surface area contributed by atoms with Crippen LogP contribution in [-0.4, -0.2) is 15.1 Å². The molecule has 0 amide bonds. The largest absolute Gasteiger partial charge is 0.334 e. The van der Waals surface area contributed by atoms with Gasteiger partial charge in [-0.25, -0.2) is 0 Å². The summed E-state index contributed by atoms with van der Waals surface area (Å²) in [6.45, 7) is 0. The fourth-order valence-corrected chi connectivity index (χ4v) is 2.52. The van der Waals surface area contributed by atoms with Crippen LogP contribution >= 0.6 is 27.5 Å². The second-order valence-corrected chi connectivity index (χ2v) is 5.68. The molecule has 2 aromatic carbocycles. The van der Waals surface area contributed by atoms with E-state index in [-0.39, 0.29) is 16.6 Å². The van der Waals surface area contributed by atoms with Gasteiger partial charge in [0, 0.05) is 22.2 Å². The summed E-state index contributed by atoms with van der Waals surface area (Å²) in [6, 6.07) is 11.5. The number of nitrogens with zero attached hydrogens (tertiary/aromatic N) is 3. The van der Waals surface area contributed by atoms with Crippen LogP contribution < -0.4 is 0 Å². The van der Waals surface area contributed by atoms with Crippen LogP contribution in [0.5, 0.6) is 0 Å². The minimum absolute atomic E-state index is 0.0968. The van der Waals surface area contributed by atoms with Gasteiger partial charge in [0.1, 0.15) is 0 Å². The van der Waals surface area contributed by atoms with Crippen LogP contribution in [0.4, 0.5) is 5.69 Å². The lowest BCUT2D eigenvalue weighted by Gasteiger charge is -1.98. The number of halogens is 2. The molecule has 0 aliphatic heterocycles. The topological polar surface area (TPSA) is 82.1 Å². The first-order valence-corrected chi connectivity index (χ1v) is 7.25. The third-order valence-corrected chi connectivity index (χ3v) is 3.71. The van der Waals surface area contributed by atoms with Gasteiger partial charge in [-0.15, -0.1) is 0 Å². The molecule has 0 aliphatic carbocycles. The first kappa shape index (κ1) is 14.7. The molecule has 110 valence electrons. The summed E-state index contributed by atoms with van der Waals surface area (Å²) in [5, 5.41) is 14.8. The Hall–Kier alpha value is -2.25. The molecule has 0 fully saturated rings. The van der Waals surface area contributed by atoms with E-state index in [1.807, 2.05) is 24.3 Å². The van der Waals surface area contributed by atoms with E-state index in [1.165, 1.54) is 18.2 Å². The van der Waals surface area contributed by atoms with Gasteiger partial charge >= 0.3 is 0 Å². The minimum atomic E-state index is -0.517. The molecule has 0 saturated heterocycles. The van der Waals surface area contributed by atoms with Crippen molar-refractivity contribution in [2.24, 2.45) is 0 Å². The monoisotopic (exact) mass is 379 g/mol. The molecule has 0 bridgehead atoms. The lowest BCUT2D eigenvalue weighted by molar-refractivity contribution is -0.384. The lowest BCUT2D eigenvalue weighted by Crippen LogP contribution is -1.88. The van der Waals surface area contributed by atoms with Crippen LogP contribution in [0.2, 0.25) is 5.02 Å². The summed E-state index contributed by atoms with van der Waals surface area (Å²) in [4.78, 5) is 14.5. The third-order valence-electron chi connectivity index (χ3n) is 2.90. The molecule has 1 aromatic heterocycles. The van der Waals surface area contributed by atoms with Crippen LogP contribution in [0.1, 0.15) is 0 Å². The number of non-ortho nitro benzene ring substituents is 1. The van der Waals surface area contributed by atoms with Crippen molar-refractivity contribution < 1.29 is 9.45 Å². The van der Waals surface area contributed by atoms with Crippen molar-refractivity contribution in [1.82, 2.24) is 10.1 Å². The van der Waals surface area contributed by atoms with Crippen molar-refractivity contribution in [2.75, 3.05) is 0 Å². The molecule has 0 N–H and O–H groups in total. The van der Waals surface area contributed by atoms with Crippen LogP contribution in [0.3, 0.4) is 0 Å². The van der Waals surface area contributed by atoms with E-state index in [2.05, 4.69) is 26.1 Å². The summed E-state index contributed by atoms with van der Waals surface area (Å²) in [5.41, 5.74) is 1.13. The maximum atomic E-state index is 10.7. The SMILES string of the molecule is O=[N+]([O-])c1ccc(-c2nc(-c3cccc(Br)c3)no2)c(Cl)c1. The molecule has 8 heteroatoms. The fraction of sp³-hybridized carbons (Fsp3) is 0. The van der Waals surface area contributed by atoms with E-state index in [9.17, 15) is 10.1 Å². The average molecular weight is 381 g/mol. The quantitative estimate of drug-likeness (QED) is 0.484. The number of aromatic nitrogens is 2. The van der Waals surface area contributed by atoms with Gasteiger partial charge in [-0.2, -0.15) is 4.98 Å². The van der Waals surface area contributed by atoms with Crippen LogP contribution in [0.25, 0.3) is 22.8 Å². The molecule has 0 atom stereocenters. The summed E-state index contributed by atoms with van der Waals surface area (Å²) < 4.78 is 6.09. The van der Waals surface area contributed by atoms with Crippen molar-refractivity contribution in [1.29, 1.82) is 0 Å². The first-order chi connectivity index (χ1) is 10.5. The Morgan fingerprint density at radius 1 is 1.23 bits per heavy atom. The van der Waals surface area contributed by atoms with E-state index in [0.29, 0.717) is 11.4 Å². The Labute approximate surface area is 138 Å². The standard InChI is InChI=1S/C14H7BrClN3O3/c15-9-3-1-2-8(6-9)13-17-14(22-18-13)11-5-4-10(19(20)21)7-12(11)16/h1-7H. The zero-order valence-electron chi connectivity index (χ0n) is 10.9. The molecule has 3 rings (SSSR count). The number of hydrogen-bond acceptors (Lipinski definition) is 5. The molecule has 6 nitrogen and oxygen atoms in total. The number of benzene rings is 2. The third kappa shape index (κ3) is 2.86. The molecular weight excluding hydrogens is 374 g/mol. The highest BCUT2D eigenvalue weighted by Gasteiger charge is 2.16. The summed E-state index contributed by atoms with van der Waals surface area (Å²) in [7, 11) is 0. The smallest absolute Gasteiger partial charge is 0.270 e. The first-order valence-electron chi connectivity index (χ1n) is 6.08. The highest BCUT2D eigenvalue weighted by Crippen LogP contribution is 2.31. The predicted octanol–water partition coefficient (Wildman–Crippen LogP) is 4.73. The highest BCUT2D eigenvalue weighted by atomic mass is 79.9. The van der Waals surface area contributed by atoms with Gasteiger partial charge in [-0.1, -0.05) is 44.8 Å². The van der Waals surface area contributed by atoms with Gasteiger partial charge in [-0.3, -0.25) is 10.1 Å². The van der Waals surface area contributed by atoms with Crippen molar-refractivity contribution in [3.63, 3.8) is 0 Å². The minimum Gasteiger partial charge on any atom is -0.334 e. The van der Waals surface area contributed by atoms with Crippen molar-refractivity contribution in [3.05, 3.63) is 62.1 Å². The van der Waals surface area contributed by atoms with E-state index < -0.39 is 4.92 Å². The van der Waals surface area contributed by atoms with E-state index in [4.69, 9.17) is 16.1 Å². The van der Waals surface area contributed by atoms with Crippen LogP contribution in [0.15, 0.2) is 51.5 Å². The van der Waals surface area contributed by atoms with Gasteiger partial charge in [0.05, 0.1) is 15.5 Å². The van der Waals surface area contributed by atoms with Crippen molar-refractivity contribution >= 4 is 33.2 Å². The lowest BCUT2D eigenvalue weighted by atomic mass is 10.2. The Kier molecular flexibility index (Phi) is 3.91. The van der Waals surface area contributed by atoms with Crippen molar-refractivity contribution in [3.8, 4) is 22.8 Å².